The lowest BCUT2D eigenvalue weighted by molar-refractivity contribution is 0.0743. The third-order valence-corrected chi connectivity index (χ3v) is 5.78. The maximum atomic E-state index is 12.8. The second-order valence-corrected chi connectivity index (χ2v) is 7.39. The fraction of sp³-hybridized carbons (Fsp3) is 0.444. The van der Waals surface area contributed by atoms with Crippen molar-refractivity contribution >= 4 is 17.2 Å². The van der Waals surface area contributed by atoms with Crippen LogP contribution in [0.15, 0.2) is 29.6 Å². The van der Waals surface area contributed by atoms with Crippen LogP contribution in [-0.2, 0) is 0 Å². The predicted molar refractivity (Wildman–Crippen MR) is 92.8 cm³/mol. The molecule has 1 aromatic carbocycles. The van der Waals surface area contributed by atoms with E-state index in [1.165, 1.54) is 18.4 Å². The molecule has 2 bridgehead atoms. The van der Waals surface area contributed by atoms with Crippen molar-refractivity contribution in [1.82, 2.24) is 15.2 Å². The molecule has 5 heteroatoms. The summed E-state index contributed by atoms with van der Waals surface area (Å²) in [6.45, 7) is 3.73. The fourth-order valence-electron chi connectivity index (χ4n) is 3.60. The first-order valence-electron chi connectivity index (χ1n) is 8.27. The molecule has 4 rings (SSSR count). The minimum atomic E-state index is 0.0791. The van der Waals surface area contributed by atoms with E-state index in [2.05, 4.69) is 29.4 Å². The average molecular weight is 327 g/mol. The Bertz CT molecular complexity index is 727. The molecular weight excluding hydrogens is 306 g/mol. The van der Waals surface area contributed by atoms with Gasteiger partial charge in [-0.1, -0.05) is 24.3 Å². The van der Waals surface area contributed by atoms with Crippen molar-refractivity contribution in [3.63, 3.8) is 0 Å². The Kier molecular flexibility index (Phi) is 3.91. The number of nitrogens with one attached hydrogen (secondary N) is 1. The first kappa shape index (κ1) is 14.8. The van der Waals surface area contributed by atoms with Crippen molar-refractivity contribution in [2.24, 2.45) is 0 Å². The van der Waals surface area contributed by atoms with Gasteiger partial charge in [-0.3, -0.25) is 4.79 Å². The molecule has 3 heterocycles. The molecule has 1 N–H and O–H groups in total. The molecule has 120 valence electrons. The summed E-state index contributed by atoms with van der Waals surface area (Å²) in [5.41, 5.74) is 2.90. The van der Waals surface area contributed by atoms with Crippen LogP contribution in [0.5, 0.6) is 0 Å². The molecule has 0 aliphatic carbocycles. The van der Waals surface area contributed by atoms with Gasteiger partial charge in [0.25, 0.3) is 5.91 Å². The first-order chi connectivity index (χ1) is 11.2. The van der Waals surface area contributed by atoms with E-state index in [4.69, 9.17) is 0 Å². The zero-order valence-corrected chi connectivity index (χ0v) is 14.1. The predicted octanol–water partition coefficient (Wildman–Crippen LogP) is 3.09. The zero-order valence-electron chi connectivity index (χ0n) is 13.3. The smallest absolute Gasteiger partial charge is 0.273 e. The maximum absolute atomic E-state index is 12.8. The largest absolute Gasteiger partial charge is 0.336 e. The van der Waals surface area contributed by atoms with Crippen LogP contribution in [0.4, 0.5) is 0 Å². The molecule has 0 saturated carbocycles. The summed E-state index contributed by atoms with van der Waals surface area (Å²) in [5.74, 6) is 0.0791. The second kappa shape index (κ2) is 6.06. The van der Waals surface area contributed by atoms with Crippen LogP contribution in [0.3, 0.4) is 0 Å². The van der Waals surface area contributed by atoms with Crippen molar-refractivity contribution in [2.75, 3.05) is 13.1 Å². The van der Waals surface area contributed by atoms with Crippen molar-refractivity contribution in [3.8, 4) is 10.6 Å². The molecule has 2 aliphatic rings. The Balaban J connectivity index is 1.54. The van der Waals surface area contributed by atoms with Gasteiger partial charge in [0, 0.05) is 36.1 Å². The SMILES string of the molecule is Cc1ccccc1-c1nc(C(=O)N2CCC3CCC(C2)N3)cs1. The van der Waals surface area contributed by atoms with Gasteiger partial charge in [0.15, 0.2) is 0 Å². The second-order valence-electron chi connectivity index (χ2n) is 6.53. The molecule has 0 radical (unpaired) electrons. The van der Waals surface area contributed by atoms with Gasteiger partial charge in [0.1, 0.15) is 10.7 Å². The van der Waals surface area contributed by atoms with Crippen molar-refractivity contribution in [2.45, 2.75) is 38.3 Å². The molecule has 1 aromatic heterocycles. The van der Waals surface area contributed by atoms with Crippen LogP contribution in [-0.4, -0.2) is 41.0 Å². The van der Waals surface area contributed by atoms with Crippen LogP contribution >= 0.6 is 11.3 Å². The van der Waals surface area contributed by atoms with Crippen molar-refractivity contribution < 1.29 is 4.79 Å². The van der Waals surface area contributed by atoms with Crippen LogP contribution in [0.25, 0.3) is 10.6 Å². The van der Waals surface area contributed by atoms with Crippen LogP contribution in [0.1, 0.15) is 35.3 Å². The molecule has 1 amide bonds. The number of thiazole rings is 1. The molecule has 2 aliphatic heterocycles. The molecule has 2 fully saturated rings. The monoisotopic (exact) mass is 327 g/mol. The first-order valence-corrected chi connectivity index (χ1v) is 9.15. The summed E-state index contributed by atoms with van der Waals surface area (Å²) in [6.07, 6.45) is 3.48. The number of nitrogens with zero attached hydrogens (tertiary/aromatic N) is 2. The maximum Gasteiger partial charge on any atom is 0.273 e. The number of hydrogen-bond donors (Lipinski definition) is 1. The zero-order chi connectivity index (χ0) is 15.8. The number of carbonyl (C=O) groups is 1. The van der Waals surface area contributed by atoms with Crippen molar-refractivity contribution in [1.29, 1.82) is 0 Å². The Labute approximate surface area is 140 Å². The number of rotatable bonds is 2. The fourth-order valence-corrected chi connectivity index (χ4v) is 4.48. The number of fused-ring (bicyclic) bond motifs is 2. The van der Waals surface area contributed by atoms with Gasteiger partial charge in [0.05, 0.1) is 0 Å². The Morgan fingerprint density at radius 3 is 2.96 bits per heavy atom. The van der Waals surface area contributed by atoms with E-state index in [-0.39, 0.29) is 5.91 Å². The number of aryl methyl sites for hydroxylation is 1. The highest BCUT2D eigenvalue weighted by Gasteiger charge is 2.32. The van der Waals surface area contributed by atoms with Gasteiger partial charge in [-0.2, -0.15) is 0 Å². The average Bonchev–Trinajstić information content (AvgIpc) is 3.14. The summed E-state index contributed by atoms with van der Waals surface area (Å²) in [5, 5.41) is 6.45. The third kappa shape index (κ3) is 2.91. The van der Waals surface area contributed by atoms with Gasteiger partial charge >= 0.3 is 0 Å². The molecule has 23 heavy (non-hydrogen) atoms. The molecule has 4 nitrogen and oxygen atoms in total. The quantitative estimate of drug-likeness (QED) is 0.922. The van der Waals surface area contributed by atoms with Gasteiger partial charge in [-0.05, 0) is 31.7 Å². The molecule has 0 spiro atoms. The van der Waals surface area contributed by atoms with Gasteiger partial charge in [0.2, 0.25) is 0 Å². The van der Waals surface area contributed by atoms with Gasteiger partial charge < -0.3 is 10.2 Å². The standard InChI is InChI=1S/C18H21N3OS/c1-12-4-2-3-5-15(12)17-20-16(11-23-17)18(22)21-9-8-13-6-7-14(10-21)19-13/h2-5,11,13-14,19H,6-10H2,1H3. The molecule has 2 saturated heterocycles. The summed E-state index contributed by atoms with van der Waals surface area (Å²) in [6, 6.07) is 9.24. The van der Waals surface area contributed by atoms with E-state index in [0.29, 0.717) is 17.8 Å². The van der Waals surface area contributed by atoms with E-state index >= 15 is 0 Å². The van der Waals surface area contributed by atoms with E-state index in [1.807, 2.05) is 22.4 Å². The molecular formula is C18H21N3OS. The molecule has 2 unspecified atom stereocenters. The summed E-state index contributed by atoms with van der Waals surface area (Å²) >= 11 is 1.56. The minimum Gasteiger partial charge on any atom is -0.336 e. The van der Waals surface area contributed by atoms with Crippen molar-refractivity contribution in [3.05, 3.63) is 40.9 Å². The Morgan fingerprint density at radius 1 is 1.26 bits per heavy atom. The topological polar surface area (TPSA) is 45.2 Å². The summed E-state index contributed by atoms with van der Waals surface area (Å²) in [4.78, 5) is 19.4. The molecule has 2 aromatic rings. The van der Waals surface area contributed by atoms with E-state index in [0.717, 1.165) is 30.1 Å². The van der Waals surface area contributed by atoms with Crippen LogP contribution < -0.4 is 5.32 Å². The van der Waals surface area contributed by atoms with Gasteiger partial charge in [-0.25, -0.2) is 4.98 Å². The number of amides is 1. The lowest BCUT2D eigenvalue weighted by Crippen LogP contribution is -2.39. The minimum absolute atomic E-state index is 0.0791. The summed E-state index contributed by atoms with van der Waals surface area (Å²) in [7, 11) is 0. The highest BCUT2D eigenvalue weighted by molar-refractivity contribution is 7.13. The lowest BCUT2D eigenvalue weighted by Gasteiger charge is -2.23. The Morgan fingerprint density at radius 2 is 2.09 bits per heavy atom. The van der Waals surface area contributed by atoms with Crippen LogP contribution in [0.2, 0.25) is 0 Å². The highest BCUT2D eigenvalue weighted by atomic mass is 32.1. The lowest BCUT2D eigenvalue weighted by atomic mass is 10.1. The Hall–Kier alpha value is -1.72. The third-order valence-electron chi connectivity index (χ3n) is 4.91. The molecule has 2 atom stereocenters. The number of hydrogen-bond acceptors (Lipinski definition) is 4. The van der Waals surface area contributed by atoms with E-state index in [1.54, 1.807) is 11.3 Å². The number of likely N-dealkylation sites (tertiary alicyclic amines) is 1. The summed E-state index contributed by atoms with van der Waals surface area (Å²) < 4.78 is 0. The number of carbonyl (C=O) groups excluding carboxylic acids is 1. The van der Waals surface area contributed by atoms with E-state index in [9.17, 15) is 4.79 Å². The normalized spacial score (nSPS) is 23.8. The number of benzene rings is 1. The highest BCUT2D eigenvalue weighted by Crippen LogP contribution is 2.28. The van der Waals surface area contributed by atoms with Gasteiger partial charge in [-0.15, -0.1) is 11.3 Å². The number of aromatic nitrogens is 1. The van der Waals surface area contributed by atoms with E-state index < -0.39 is 0 Å². The van der Waals surface area contributed by atoms with Crippen LogP contribution in [0, 0.1) is 6.92 Å².